The van der Waals surface area contributed by atoms with Gasteiger partial charge in [-0.25, -0.2) is 8.42 Å². The number of benzene rings is 4. The van der Waals surface area contributed by atoms with Crippen LogP contribution in [0.25, 0.3) is 0 Å². The van der Waals surface area contributed by atoms with E-state index in [0.29, 0.717) is 46.7 Å². The zero-order valence-electron chi connectivity index (χ0n) is 26.6. The Balaban J connectivity index is 1.61. The molecule has 1 aliphatic rings. The smallest absolute Gasteiger partial charge is 0.264 e. The fourth-order valence-electron chi connectivity index (χ4n) is 5.28. The van der Waals surface area contributed by atoms with Crippen LogP contribution in [0.5, 0.6) is 11.5 Å². The monoisotopic (exact) mass is 709 g/mol. The van der Waals surface area contributed by atoms with Gasteiger partial charge >= 0.3 is 0 Å². The average Bonchev–Trinajstić information content (AvgIpc) is 3.10. The maximum absolute atomic E-state index is 14.7. The van der Waals surface area contributed by atoms with Gasteiger partial charge in [0.1, 0.15) is 25.8 Å². The molecular formula is C36H37Cl2N3O6S. The number of halogens is 2. The van der Waals surface area contributed by atoms with Crippen LogP contribution >= 0.6 is 23.2 Å². The first kappa shape index (κ1) is 35.1. The fraction of sp³-hybridized carbons (Fsp3) is 0.278. The van der Waals surface area contributed by atoms with Gasteiger partial charge in [0.15, 0.2) is 11.5 Å². The average molecular weight is 711 g/mol. The second-order valence-corrected chi connectivity index (χ2v) is 14.1. The van der Waals surface area contributed by atoms with Crippen molar-refractivity contribution >= 4 is 50.7 Å². The summed E-state index contributed by atoms with van der Waals surface area (Å²) in [6.07, 6.45) is 0.827. The van der Waals surface area contributed by atoms with E-state index >= 15 is 0 Å². The van der Waals surface area contributed by atoms with E-state index in [2.05, 4.69) is 5.32 Å². The van der Waals surface area contributed by atoms with Crippen molar-refractivity contribution in [3.8, 4) is 11.5 Å². The third kappa shape index (κ3) is 8.24. The number of carbonyl (C=O) groups excluding carboxylic acids is 2. The van der Waals surface area contributed by atoms with Crippen LogP contribution in [0.4, 0.5) is 5.69 Å². The number of sulfonamides is 1. The van der Waals surface area contributed by atoms with Gasteiger partial charge in [-0.2, -0.15) is 0 Å². The number of hydrogen-bond acceptors (Lipinski definition) is 6. The van der Waals surface area contributed by atoms with Crippen LogP contribution in [0.2, 0.25) is 10.0 Å². The molecule has 4 aromatic carbocycles. The lowest BCUT2D eigenvalue weighted by molar-refractivity contribution is -0.140. The minimum Gasteiger partial charge on any atom is -0.486 e. The molecule has 2 amide bonds. The first-order chi connectivity index (χ1) is 23.1. The molecule has 9 nitrogen and oxygen atoms in total. The predicted octanol–water partition coefficient (Wildman–Crippen LogP) is 6.51. The quantitative estimate of drug-likeness (QED) is 0.170. The summed E-state index contributed by atoms with van der Waals surface area (Å²) >= 11 is 13.2. The summed E-state index contributed by atoms with van der Waals surface area (Å²) in [5, 5.41) is 3.63. The Hall–Kier alpha value is -4.25. The summed E-state index contributed by atoms with van der Waals surface area (Å²) in [4.78, 5) is 30.1. The van der Waals surface area contributed by atoms with Crippen molar-refractivity contribution in [1.82, 2.24) is 10.2 Å². The molecule has 1 heterocycles. The van der Waals surface area contributed by atoms with Crippen LogP contribution in [-0.2, 0) is 32.6 Å². The Morgan fingerprint density at radius 2 is 1.48 bits per heavy atom. The number of amides is 2. The van der Waals surface area contributed by atoms with Gasteiger partial charge in [0.25, 0.3) is 10.0 Å². The number of rotatable bonds is 13. The minimum absolute atomic E-state index is 0.0104. The maximum atomic E-state index is 14.7. The van der Waals surface area contributed by atoms with Crippen molar-refractivity contribution < 1.29 is 27.5 Å². The number of hydrogen-bond donors (Lipinski definition) is 1. The first-order valence-corrected chi connectivity index (χ1v) is 17.8. The molecule has 0 bridgehead atoms. The predicted molar refractivity (Wildman–Crippen MR) is 187 cm³/mol. The van der Waals surface area contributed by atoms with E-state index in [1.807, 2.05) is 44.2 Å². The Morgan fingerprint density at radius 3 is 2.12 bits per heavy atom. The summed E-state index contributed by atoms with van der Waals surface area (Å²) in [6, 6.07) is 25.6. The van der Waals surface area contributed by atoms with Gasteiger partial charge in [-0.15, -0.1) is 0 Å². The van der Waals surface area contributed by atoms with Crippen LogP contribution in [0.1, 0.15) is 31.4 Å². The third-order valence-corrected chi connectivity index (χ3v) is 10.6. The number of fused-ring (bicyclic) bond motifs is 1. The highest BCUT2D eigenvalue weighted by Crippen LogP contribution is 2.36. The van der Waals surface area contributed by atoms with E-state index < -0.39 is 28.5 Å². The lowest BCUT2D eigenvalue weighted by Gasteiger charge is -2.35. The zero-order chi connectivity index (χ0) is 34.3. The first-order valence-electron chi connectivity index (χ1n) is 15.6. The van der Waals surface area contributed by atoms with Crippen molar-refractivity contribution in [2.45, 2.75) is 50.2 Å². The van der Waals surface area contributed by atoms with Crippen LogP contribution < -0.4 is 19.1 Å². The van der Waals surface area contributed by atoms with E-state index in [9.17, 15) is 18.0 Å². The molecule has 0 fully saturated rings. The minimum atomic E-state index is -4.29. The summed E-state index contributed by atoms with van der Waals surface area (Å²) in [5.41, 5.74) is 1.43. The molecule has 0 unspecified atom stereocenters. The number of nitrogens with zero attached hydrogens (tertiary/aromatic N) is 2. The lowest BCUT2D eigenvalue weighted by Crippen LogP contribution is -2.54. The van der Waals surface area contributed by atoms with E-state index in [4.69, 9.17) is 32.7 Å². The molecule has 2 atom stereocenters. The second-order valence-electron chi connectivity index (χ2n) is 11.4. The van der Waals surface area contributed by atoms with Gasteiger partial charge in [0.2, 0.25) is 11.8 Å². The maximum Gasteiger partial charge on any atom is 0.264 e. The summed E-state index contributed by atoms with van der Waals surface area (Å²) in [5.74, 6) is -0.204. The van der Waals surface area contributed by atoms with E-state index in [-0.39, 0.29) is 35.5 Å². The molecule has 0 saturated heterocycles. The van der Waals surface area contributed by atoms with Crippen LogP contribution in [-0.4, -0.2) is 57.0 Å². The number of anilines is 1. The summed E-state index contributed by atoms with van der Waals surface area (Å²) in [6.45, 7) is 3.69. The summed E-state index contributed by atoms with van der Waals surface area (Å²) < 4.78 is 41.0. The molecule has 0 aliphatic carbocycles. The van der Waals surface area contributed by atoms with Gasteiger partial charge in [-0.1, -0.05) is 84.7 Å². The van der Waals surface area contributed by atoms with Crippen LogP contribution in [0, 0.1) is 0 Å². The van der Waals surface area contributed by atoms with Crippen molar-refractivity contribution in [1.29, 1.82) is 0 Å². The highest BCUT2D eigenvalue weighted by molar-refractivity contribution is 7.92. The van der Waals surface area contributed by atoms with E-state index in [1.54, 1.807) is 48.5 Å². The topological polar surface area (TPSA) is 105 Å². The van der Waals surface area contributed by atoms with E-state index in [1.165, 1.54) is 23.1 Å². The molecule has 0 aromatic heterocycles. The molecule has 12 heteroatoms. The molecule has 0 spiro atoms. The molecule has 0 saturated carbocycles. The molecule has 48 heavy (non-hydrogen) atoms. The highest BCUT2D eigenvalue weighted by Gasteiger charge is 2.36. The molecule has 5 rings (SSSR count). The molecular weight excluding hydrogens is 673 g/mol. The van der Waals surface area contributed by atoms with Crippen molar-refractivity contribution in [3.63, 3.8) is 0 Å². The normalized spacial score (nSPS) is 13.7. The fourth-order valence-corrected chi connectivity index (χ4v) is 7.23. The number of nitrogens with one attached hydrogen (secondary N) is 1. The molecule has 0 radical (unpaired) electrons. The van der Waals surface area contributed by atoms with Gasteiger partial charge < -0.3 is 19.7 Å². The van der Waals surface area contributed by atoms with Crippen molar-refractivity contribution in [2.75, 3.05) is 24.1 Å². The zero-order valence-corrected chi connectivity index (χ0v) is 29.0. The van der Waals surface area contributed by atoms with Crippen LogP contribution in [0.3, 0.4) is 0 Å². The standard InChI is InChI=1S/C36H37Cl2N3O6S/c1-3-25(2)39-36(43)32(21-26-11-6-4-7-12-26)40(23-29-30(37)15-10-16-31(29)38)35(42)24-41(48(44,45)28-13-8-5-9-14-28)27-17-18-33-34(22-27)47-20-19-46-33/h4-18,22,25,32H,3,19-21,23-24H2,1-2H3,(H,39,43)/t25-,32+/m0/s1. The Morgan fingerprint density at radius 1 is 0.854 bits per heavy atom. The highest BCUT2D eigenvalue weighted by atomic mass is 35.5. The second kappa shape index (κ2) is 15.8. The third-order valence-electron chi connectivity index (χ3n) is 8.09. The number of ether oxygens (including phenoxy) is 2. The Kier molecular flexibility index (Phi) is 11.5. The Labute approximate surface area is 291 Å². The number of carbonyl (C=O) groups is 2. The van der Waals surface area contributed by atoms with Gasteiger partial charge in [0.05, 0.1) is 10.6 Å². The lowest BCUT2D eigenvalue weighted by atomic mass is 10.0. The summed E-state index contributed by atoms with van der Waals surface area (Å²) in [7, 11) is -4.29. The van der Waals surface area contributed by atoms with Gasteiger partial charge in [-0.05, 0) is 55.3 Å². The molecule has 4 aromatic rings. The van der Waals surface area contributed by atoms with Gasteiger partial charge in [-0.3, -0.25) is 13.9 Å². The van der Waals surface area contributed by atoms with Gasteiger partial charge in [0, 0.05) is 40.7 Å². The molecule has 1 N–H and O–H groups in total. The molecule has 1 aliphatic heterocycles. The van der Waals surface area contributed by atoms with E-state index in [0.717, 1.165) is 9.87 Å². The Bertz CT molecular complexity index is 1820. The SMILES string of the molecule is CC[C@H](C)NC(=O)[C@@H](Cc1ccccc1)N(Cc1c(Cl)cccc1Cl)C(=O)CN(c1ccc2c(c1)OCCO2)S(=O)(=O)c1ccccc1. The molecule has 252 valence electrons. The largest absolute Gasteiger partial charge is 0.486 e. The van der Waals surface area contributed by atoms with Crippen LogP contribution in [0.15, 0.2) is 102 Å². The van der Waals surface area contributed by atoms with Crippen molar-refractivity contribution in [3.05, 3.63) is 118 Å². The van der Waals surface area contributed by atoms with Crippen molar-refractivity contribution in [2.24, 2.45) is 0 Å².